The monoisotopic (exact) mass is 242 g/mol. The van der Waals surface area contributed by atoms with Crippen molar-refractivity contribution in [1.82, 2.24) is 0 Å². The van der Waals surface area contributed by atoms with Gasteiger partial charge in [-0.2, -0.15) is 0 Å². The fourth-order valence-corrected chi connectivity index (χ4v) is 1.80. The molecular formula is C16H18O2. The molecule has 0 saturated heterocycles. The Labute approximate surface area is 108 Å². The maximum absolute atomic E-state index is 5.86. The van der Waals surface area contributed by atoms with Crippen LogP contribution in [0.5, 0.6) is 5.75 Å². The van der Waals surface area contributed by atoms with Gasteiger partial charge in [-0.15, -0.1) is 0 Å². The van der Waals surface area contributed by atoms with Crippen molar-refractivity contribution in [1.29, 1.82) is 0 Å². The minimum absolute atomic E-state index is 0.602. The molecular weight excluding hydrogens is 224 g/mol. The Morgan fingerprint density at radius 1 is 0.889 bits per heavy atom. The van der Waals surface area contributed by atoms with Gasteiger partial charge in [0.15, 0.2) is 0 Å². The van der Waals surface area contributed by atoms with E-state index in [0.29, 0.717) is 13.2 Å². The van der Waals surface area contributed by atoms with Crippen LogP contribution in [-0.2, 0) is 17.8 Å². The summed E-state index contributed by atoms with van der Waals surface area (Å²) < 4.78 is 11.0. The van der Waals surface area contributed by atoms with E-state index in [0.717, 1.165) is 12.2 Å². The first-order chi connectivity index (χ1) is 8.90. The third kappa shape index (κ3) is 3.60. The molecule has 0 aliphatic carbocycles. The number of para-hydroxylation sites is 1. The fourth-order valence-electron chi connectivity index (χ4n) is 1.80. The van der Waals surface area contributed by atoms with Crippen molar-refractivity contribution < 1.29 is 9.47 Å². The predicted molar refractivity (Wildman–Crippen MR) is 72.8 cm³/mol. The number of hydrogen-bond donors (Lipinski definition) is 0. The van der Waals surface area contributed by atoms with Gasteiger partial charge < -0.3 is 9.47 Å². The van der Waals surface area contributed by atoms with E-state index in [-0.39, 0.29) is 0 Å². The molecule has 2 rings (SSSR count). The van der Waals surface area contributed by atoms with Crippen molar-refractivity contribution in [3.8, 4) is 5.75 Å². The molecule has 0 aromatic heterocycles. The molecule has 0 bridgehead atoms. The molecule has 0 saturated carbocycles. The Hall–Kier alpha value is -1.80. The summed E-state index contributed by atoms with van der Waals surface area (Å²) in [6.07, 6.45) is 0.876. The van der Waals surface area contributed by atoms with E-state index >= 15 is 0 Å². The predicted octanol–water partition coefficient (Wildman–Crippen LogP) is 3.45. The Balaban J connectivity index is 2.00. The van der Waals surface area contributed by atoms with Crippen molar-refractivity contribution in [2.24, 2.45) is 0 Å². The molecule has 0 radical (unpaired) electrons. The zero-order chi connectivity index (χ0) is 12.6. The van der Waals surface area contributed by atoms with Crippen molar-refractivity contribution in [3.05, 3.63) is 65.7 Å². The second-order valence-corrected chi connectivity index (χ2v) is 4.12. The normalized spacial score (nSPS) is 10.3. The summed E-state index contributed by atoms with van der Waals surface area (Å²) in [7, 11) is 1.72. The molecule has 0 aliphatic heterocycles. The van der Waals surface area contributed by atoms with Crippen LogP contribution in [0, 0.1) is 0 Å². The number of hydrogen-bond acceptors (Lipinski definition) is 2. The van der Waals surface area contributed by atoms with Gasteiger partial charge >= 0.3 is 0 Å². The smallest absolute Gasteiger partial charge is 0.123 e. The first-order valence-corrected chi connectivity index (χ1v) is 6.13. The standard InChI is InChI=1S/C16H18O2/c1-17-12-11-15-9-5-6-10-16(15)18-13-14-7-3-2-4-8-14/h2-10H,11-13H2,1H3. The van der Waals surface area contributed by atoms with Gasteiger partial charge in [0, 0.05) is 7.11 Å². The molecule has 18 heavy (non-hydrogen) atoms. The van der Waals surface area contributed by atoms with E-state index in [1.807, 2.05) is 36.4 Å². The molecule has 2 aromatic rings. The summed E-state index contributed by atoms with van der Waals surface area (Å²) in [5.41, 5.74) is 2.37. The highest BCUT2D eigenvalue weighted by atomic mass is 16.5. The van der Waals surface area contributed by atoms with Crippen LogP contribution in [-0.4, -0.2) is 13.7 Å². The van der Waals surface area contributed by atoms with Crippen LogP contribution in [0.25, 0.3) is 0 Å². The first kappa shape index (κ1) is 12.7. The summed E-state index contributed by atoms with van der Waals surface area (Å²) in [4.78, 5) is 0. The summed E-state index contributed by atoms with van der Waals surface area (Å²) in [5, 5.41) is 0. The van der Waals surface area contributed by atoms with Gasteiger partial charge in [-0.3, -0.25) is 0 Å². The molecule has 0 aliphatic rings. The lowest BCUT2D eigenvalue weighted by Gasteiger charge is -2.11. The average molecular weight is 242 g/mol. The maximum atomic E-state index is 5.86. The Morgan fingerprint density at radius 2 is 1.61 bits per heavy atom. The lowest BCUT2D eigenvalue weighted by atomic mass is 10.1. The molecule has 0 atom stereocenters. The van der Waals surface area contributed by atoms with E-state index in [1.165, 1.54) is 11.1 Å². The second-order valence-electron chi connectivity index (χ2n) is 4.12. The first-order valence-electron chi connectivity index (χ1n) is 6.13. The highest BCUT2D eigenvalue weighted by molar-refractivity contribution is 5.33. The van der Waals surface area contributed by atoms with Gasteiger partial charge in [-0.25, -0.2) is 0 Å². The van der Waals surface area contributed by atoms with Crippen LogP contribution in [0.3, 0.4) is 0 Å². The van der Waals surface area contributed by atoms with Gasteiger partial charge in [0.2, 0.25) is 0 Å². The third-order valence-electron chi connectivity index (χ3n) is 2.79. The minimum Gasteiger partial charge on any atom is -0.489 e. The van der Waals surface area contributed by atoms with Gasteiger partial charge in [-0.1, -0.05) is 48.5 Å². The third-order valence-corrected chi connectivity index (χ3v) is 2.79. The van der Waals surface area contributed by atoms with Crippen LogP contribution in [0.1, 0.15) is 11.1 Å². The lowest BCUT2D eigenvalue weighted by molar-refractivity contribution is 0.200. The SMILES string of the molecule is COCCc1ccccc1OCc1ccccc1. The van der Waals surface area contributed by atoms with Crippen molar-refractivity contribution >= 4 is 0 Å². The Morgan fingerprint density at radius 3 is 2.39 bits per heavy atom. The number of rotatable bonds is 6. The lowest BCUT2D eigenvalue weighted by Crippen LogP contribution is -2.01. The van der Waals surface area contributed by atoms with Crippen LogP contribution in [0.2, 0.25) is 0 Å². The summed E-state index contributed by atoms with van der Waals surface area (Å²) in [6.45, 7) is 1.32. The van der Waals surface area contributed by atoms with Crippen molar-refractivity contribution in [2.45, 2.75) is 13.0 Å². The zero-order valence-electron chi connectivity index (χ0n) is 10.6. The van der Waals surface area contributed by atoms with Crippen LogP contribution in [0.4, 0.5) is 0 Å². The molecule has 2 heteroatoms. The van der Waals surface area contributed by atoms with Gasteiger partial charge in [0.25, 0.3) is 0 Å². The Kier molecular flexibility index (Phi) is 4.79. The van der Waals surface area contributed by atoms with Gasteiger partial charge in [-0.05, 0) is 23.6 Å². The second kappa shape index (κ2) is 6.82. The zero-order valence-corrected chi connectivity index (χ0v) is 10.6. The summed E-state index contributed by atoms with van der Waals surface area (Å²) >= 11 is 0. The molecule has 0 amide bonds. The number of methoxy groups -OCH3 is 1. The molecule has 0 heterocycles. The van der Waals surface area contributed by atoms with E-state index in [4.69, 9.17) is 9.47 Å². The molecule has 2 nitrogen and oxygen atoms in total. The van der Waals surface area contributed by atoms with Crippen molar-refractivity contribution in [2.75, 3.05) is 13.7 Å². The Bertz CT molecular complexity index is 466. The number of benzene rings is 2. The van der Waals surface area contributed by atoms with E-state index in [2.05, 4.69) is 18.2 Å². The topological polar surface area (TPSA) is 18.5 Å². The maximum Gasteiger partial charge on any atom is 0.123 e. The van der Waals surface area contributed by atoms with Gasteiger partial charge in [0.05, 0.1) is 6.61 Å². The molecule has 0 fully saturated rings. The van der Waals surface area contributed by atoms with Crippen LogP contribution in [0.15, 0.2) is 54.6 Å². The van der Waals surface area contributed by atoms with E-state index < -0.39 is 0 Å². The average Bonchev–Trinajstić information content (AvgIpc) is 2.45. The van der Waals surface area contributed by atoms with E-state index in [1.54, 1.807) is 7.11 Å². The van der Waals surface area contributed by atoms with Crippen LogP contribution < -0.4 is 4.74 Å². The number of ether oxygens (including phenoxy) is 2. The summed E-state index contributed by atoms with van der Waals surface area (Å²) in [6, 6.07) is 18.3. The van der Waals surface area contributed by atoms with Crippen molar-refractivity contribution in [3.63, 3.8) is 0 Å². The highest BCUT2D eigenvalue weighted by Gasteiger charge is 2.02. The fraction of sp³-hybridized carbons (Fsp3) is 0.250. The van der Waals surface area contributed by atoms with E-state index in [9.17, 15) is 0 Å². The summed E-state index contributed by atoms with van der Waals surface area (Å²) in [5.74, 6) is 0.943. The highest BCUT2D eigenvalue weighted by Crippen LogP contribution is 2.19. The van der Waals surface area contributed by atoms with Crippen LogP contribution >= 0.6 is 0 Å². The van der Waals surface area contributed by atoms with Gasteiger partial charge in [0.1, 0.15) is 12.4 Å². The molecule has 0 unspecified atom stereocenters. The molecule has 2 aromatic carbocycles. The molecule has 0 N–H and O–H groups in total. The quantitative estimate of drug-likeness (QED) is 0.772. The molecule has 0 spiro atoms. The largest absolute Gasteiger partial charge is 0.489 e. The minimum atomic E-state index is 0.602. The molecule has 94 valence electrons.